The Morgan fingerprint density at radius 2 is 2.00 bits per heavy atom. The number of ether oxygens (including phenoxy) is 2. The zero-order chi connectivity index (χ0) is 18.0. The Morgan fingerprint density at radius 1 is 1.20 bits per heavy atom. The van der Waals surface area contributed by atoms with Gasteiger partial charge in [0.25, 0.3) is 0 Å². The van der Waals surface area contributed by atoms with Crippen molar-refractivity contribution in [2.45, 2.75) is 13.8 Å². The van der Waals surface area contributed by atoms with Crippen LogP contribution in [-0.2, 0) is 0 Å². The largest absolute Gasteiger partial charge is 0.496 e. The van der Waals surface area contributed by atoms with Crippen molar-refractivity contribution in [3.05, 3.63) is 53.6 Å². The van der Waals surface area contributed by atoms with Crippen molar-refractivity contribution in [1.82, 2.24) is 4.98 Å². The summed E-state index contributed by atoms with van der Waals surface area (Å²) in [6, 6.07) is 12.5. The van der Waals surface area contributed by atoms with Crippen molar-refractivity contribution in [3.63, 3.8) is 0 Å². The van der Waals surface area contributed by atoms with Gasteiger partial charge in [-0.15, -0.1) is 0 Å². The number of methoxy groups -OCH3 is 1. The molecule has 0 saturated carbocycles. The van der Waals surface area contributed by atoms with E-state index in [-0.39, 0.29) is 5.56 Å². The molecule has 5 heteroatoms. The molecule has 0 bridgehead atoms. The van der Waals surface area contributed by atoms with E-state index in [0.29, 0.717) is 40.3 Å². The molecule has 0 saturated heterocycles. The minimum absolute atomic E-state index is 0.215. The number of pyridine rings is 1. The highest BCUT2D eigenvalue weighted by Crippen LogP contribution is 2.35. The molecule has 2 aromatic carbocycles. The Hall–Kier alpha value is -3.08. The smallest absolute Gasteiger partial charge is 0.336 e. The normalized spacial score (nSPS) is 10.7. The van der Waals surface area contributed by atoms with Gasteiger partial charge in [-0.3, -0.25) is 0 Å². The maximum atomic E-state index is 11.7. The minimum Gasteiger partial charge on any atom is -0.496 e. The maximum absolute atomic E-state index is 11.7. The number of carboxylic acids is 1. The number of benzene rings is 2. The predicted molar refractivity (Wildman–Crippen MR) is 96.6 cm³/mol. The molecule has 0 unspecified atom stereocenters. The maximum Gasteiger partial charge on any atom is 0.336 e. The van der Waals surface area contributed by atoms with Crippen LogP contribution in [0.15, 0.2) is 42.5 Å². The summed E-state index contributed by atoms with van der Waals surface area (Å²) in [4.78, 5) is 16.4. The molecule has 3 aromatic rings. The summed E-state index contributed by atoms with van der Waals surface area (Å²) in [5.74, 6) is 0.307. The quantitative estimate of drug-likeness (QED) is 0.751. The van der Waals surface area contributed by atoms with Gasteiger partial charge in [0, 0.05) is 10.9 Å². The van der Waals surface area contributed by atoms with E-state index in [0.717, 1.165) is 5.56 Å². The summed E-state index contributed by atoms with van der Waals surface area (Å²) in [7, 11) is 1.57. The minimum atomic E-state index is -0.987. The summed E-state index contributed by atoms with van der Waals surface area (Å²) in [6.45, 7) is 4.36. The van der Waals surface area contributed by atoms with E-state index in [2.05, 4.69) is 0 Å². The zero-order valence-electron chi connectivity index (χ0n) is 14.4. The van der Waals surface area contributed by atoms with Crippen LogP contribution in [0.4, 0.5) is 0 Å². The fourth-order valence-electron chi connectivity index (χ4n) is 2.85. The topological polar surface area (TPSA) is 68.7 Å². The van der Waals surface area contributed by atoms with Gasteiger partial charge in [-0.2, -0.15) is 0 Å². The molecular formula is C20H19NO4. The van der Waals surface area contributed by atoms with Crippen LogP contribution in [0.1, 0.15) is 22.8 Å². The Kier molecular flexibility index (Phi) is 4.57. The standard InChI is InChI=1S/C20H19NO4/c1-4-25-13-8-9-18(24-3)16(10-13)17-11-15(20(22)23)14-7-5-6-12(2)19(14)21-17/h5-11H,4H2,1-3H3,(H,22,23). The van der Waals surface area contributed by atoms with E-state index in [1.807, 2.05) is 38.1 Å². The van der Waals surface area contributed by atoms with Crippen LogP contribution >= 0.6 is 0 Å². The first-order valence-electron chi connectivity index (χ1n) is 8.00. The third-order valence-corrected chi connectivity index (χ3v) is 4.03. The molecule has 1 aromatic heterocycles. The van der Waals surface area contributed by atoms with Gasteiger partial charge in [-0.05, 0) is 43.7 Å². The SMILES string of the molecule is CCOc1ccc(OC)c(-c2cc(C(=O)O)c3cccc(C)c3n2)c1. The number of fused-ring (bicyclic) bond motifs is 1. The number of hydrogen-bond donors (Lipinski definition) is 1. The molecule has 0 amide bonds. The number of aryl methyl sites for hydroxylation is 1. The van der Waals surface area contributed by atoms with Gasteiger partial charge in [-0.1, -0.05) is 18.2 Å². The number of aromatic carboxylic acids is 1. The van der Waals surface area contributed by atoms with Crippen LogP contribution in [0.5, 0.6) is 11.5 Å². The Morgan fingerprint density at radius 3 is 2.68 bits per heavy atom. The van der Waals surface area contributed by atoms with Gasteiger partial charge in [0.05, 0.1) is 30.5 Å². The van der Waals surface area contributed by atoms with E-state index in [1.165, 1.54) is 0 Å². The fraction of sp³-hybridized carbons (Fsp3) is 0.200. The van der Waals surface area contributed by atoms with Crippen molar-refractivity contribution in [3.8, 4) is 22.8 Å². The van der Waals surface area contributed by atoms with Crippen LogP contribution in [-0.4, -0.2) is 29.8 Å². The molecule has 0 aliphatic rings. The fourth-order valence-corrected chi connectivity index (χ4v) is 2.85. The highest BCUT2D eigenvalue weighted by Gasteiger charge is 2.17. The van der Waals surface area contributed by atoms with E-state index in [9.17, 15) is 9.90 Å². The summed E-state index contributed by atoms with van der Waals surface area (Å²) < 4.78 is 11.0. The Labute approximate surface area is 145 Å². The van der Waals surface area contributed by atoms with Crippen LogP contribution < -0.4 is 9.47 Å². The van der Waals surface area contributed by atoms with Crippen LogP contribution in [0, 0.1) is 6.92 Å². The lowest BCUT2D eigenvalue weighted by molar-refractivity contribution is 0.0699. The molecule has 0 spiro atoms. The first-order valence-corrected chi connectivity index (χ1v) is 8.00. The number of nitrogens with zero attached hydrogens (tertiary/aromatic N) is 1. The lowest BCUT2D eigenvalue weighted by atomic mass is 10.0. The lowest BCUT2D eigenvalue weighted by Crippen LogP contribution is -2.02. The number of carbonyl (C=O) groups is 1. The Balaban J connectivity index is 2.30. The molecule has 0 atom stereocenters. The van der Waals surface area contributed by atoms with Crippen molar-refractivity contribution in [2.75, 3.05) is 13.7 Å². The summed E-state index contributed by atoms with van der Waals surface area (Å²) in [5.41, 5.74) is 3.04. The molecule has 25 heavy (non-hydrogen) atoms. The van der Waals surface area contributed by atoms with Gasteiger partial charge in [0.1, 0.15) is 11.5 Å². The predicted octanol–water partition coefficient (Wildman–Crippen LogP) is 4.32. The Bertz CT molecular complexity index is 950. The highest BCUT2D eigenvalue weighted by atomic mass is 16.5. The molecule has 0 aliphatic heterocycles. The van der Waals surface area contributed by atoms with E-state index < -0.39 is 5.97 Å². The van der Waals surface area contributed by atoms with Gasteiger partial charge >= 0.3 is 5.97 Å². The van der Waals surface area contributed by atoms with Gasteiger partial charge < -0.3 is 14.6 Å². The monoisotopic (exact) mass is 337 g/mol. The van der Waals surface area contributed by atoms with Crippen molar-refractivity contribution in [1.29, 1.82) is 0 Å². The van der Waals surface area contributed by atoms with E-state index in [4.69, 9.17) is 14.5 Å². The second kappa shape index (κ2) is 6.81. The molecule has 128 valence electrons. The molecule has 1 heterocycles. The second-order valence-corrected chi connectivity index (χ2v) is 5.63. The first kappa shape index (κ1) is 16.8. The number of rotatable bonds is 5. The second-order valence-electron chi connectivity index (χ2n) is 5.63. The third kappa shape index (κ3) is 3.13. The van der Waals surface area contributed by atoms with Crippen LogP contribution in [0.25, 0.3) is 22.2 Å². The lowest BCUT2D eigenvalue weighted by Gasteiger charge is -2.13. The van der Waals surface area contributed by atoms with Gasteiger partial charge in [-0.25, -0.2) is 9.78 Å². The van der Waals surface area contributed by atoms with Crippen LogP contribution in [0.3, 0.4) is 0 Å². The van der Waals surface area contributed by atoms with E-state index in [1.54, 1.807) is 25.3 Å². The molecule has 3 rings (SSSR count). The zero-order valence-corrected chi connectivity index (χ0v) is 14.4. The summed E-state index contributed by atoms with van der Waals surface area (Å²) in [6.07, 6.45) is 0. The third-order valence-electron chi connectivity index (χ3n) is 4.03. The van der Waals surface area contributed by atoms with Crippen molar-refractivity contribution in [2.24, 2.45) is 0 Å². The average molecular weight is 337 g/mol. The van der Waals surface area contributed by atoms with Crippen LogP contribution in [0.2, 0.25) is 0 Å². The van der Waals surface area contributed by atoms with Crippen molar-refractivity contribution >= 4 is 16.9 Å². The number of hydrogen-bond acceptors (Lipinski definition) is 4. The summed E-state index contributed by atoms with van der Waals surface area (Å²) >= 11 is 0. The van der Waals surface area contributed by atoms with Gasteiger partial charge in [0.2, 0.25) is 0 Å². The van der Waals surface area contributed by atoms with E-state index >= 15 is 0 Å². The highest BCUT2D eigenvalue weighted by molar-refractivity contribution is 6.04. The summed E-state index contributed by atoms with van der Waals surface area (Å²) in [5, 5.41) is 10.2. The number of carboxylic acid groups (broad SMARTS) is 1. The average Bonchev–Trinajstić information content (AvgIpc) is 2.61. The molecule has 0 radical (unpaired) electrons. The molecule has 0 fully saturated rings. The molecule has 0 aliphatic carbocycles. The number of aromatic nitrogens is 1. The molecule has 1 N–H and O–H groups in total. The molecular weight excluding hydrogens is 318 g/mol. The number of para-hydroxylation sites is 1. The molecule has 5 nitrogen and oxygen atoms in total. The first-order chi connectivity index (χ1) is 12.0. The van der Waals surface area contributed by atoms with Crippen molar-refractivity contribution < 1.29 is 19.4 Å². The van der Waals surface area contributed by atoms with Gasteiger partial charge in [0.15, 0.2) is 0 Å².